The Labute approximate surface area is 93.6 Å². The van der Waals surface area contributed by atoms with E-state index in [2.05, 4.69) is 4.98 Å². The Bertz CT molecular complexity index is 469. The molecule has 82 valence electrons. The molecule has 0 radical (unpaired) electrons. The van der Waals surface area contributed by atoms with Gasteiger partial charge in [0.2, 0.25) is 0 Å². The molecule has 0 amide bonds. The van der Waals surface area contributed by atoms with Crippen molar-refractivity contribution in [2.45, 2.75) is 0 Å². The molecule has 4 heteroatoms. The van der Waals surface area contributed by atoms with Gasteiger partial charge in [0.1, 0.15) is 11.6 Å². The van der Waals surface area contributed by atoms with Gasteiger partial charge in [-0.1, -0.05) is 12.1 Å². The van der Waals surface area contributed by atoms with E-state index < -0.39 is 0 Å². The van der Waals surface area contributed by atoms with Crippen LogP contribution in [-0.2, 0) is 0 Å². The number of hydrogen-bond donors (Lipinski definition) is 1. The molecular weight excluding hydrogens is 204 g/mol. The van der Waals surface area contributed by atoms with Crippen molar-refractivity contribution < 1.29 is 9.47 Å². The Morgan fingerprint density at radius 2 is 1.81 bits per heavy atom. The highest BCUT2D eigenvalue weighted by atomic mass is 16.5. The summed E-state index contributed by atoms with van der Waals surface area (Å²) in [6, 6.07) is 10.9. The lowest BCUT2D eigenvalue weighted by atomic mass is 10.3. The first-order valence-electron chi connectivity index (χ1n) is 4.82. The first-order valence-corrected chi connectivity index (χ1v) is 4.82. The summed E-state index contributed by atoms with van der Waals surface area (Å²) in [6.45, 7) is 0. The predicted molar refractivity (Wildman–Crippen MR) is 61.7 cm³/mol. The van der Waals surface area contributed by atoms with Crippen LogP contribution in [0, 0.1) is 0 Å². The van der Waals surface area contributed by atoms with Crippen LogP contribution in [0.5, 0.6) is 17.2 Å². The van der Waals surface area contributed by atoms with Crippen LogP contribution in [0.1, 0.15) is 0 Å². The molecule has 2 aromatic rings. The van der Waals surface area contributed by atoms with E-state index in [0.717, 1.165) is 0 Å². The topological polar surface area (TPSA) is 57.4 Å². The van der Waals surface area contributed by atoms with Crippen LogP contribution in [0.4, 0.5) is 5.82 Å². The summed E-state index contributed by atoms with van der Waals surface area (Å²) in [5.74, 6) is 2.42. The van der Waals surface area contributed by atoms with Gasteiger partial charge in [-0.15, -0.1) is 0 Å². The van der Waals surface area contributed by atoms with Crippen molar-refractivity contribution >= 4 is 5.82 Å². The van der Waals surface area contributed by atoms with E-state index in [0.29, 0.717) is 23.1 Å². The zero-order valence-corrected chi connectivity index (χ0v) is 8.88. The molecule has 0 saturated heterocycles. The van der Waals surface area contributed by atoms with Gasteiger partial charge in [0.15, 0.2) is 11.5 Å². The number of para-hydroxylation sites is 2. The van der Waals surface area contributed by atoms with E-state index in [1.54, 1.807) is 25.4 Å². The van der Waals surface area contributed by atoms with E-state index >= 15 is 0 Å². The number of nitrogens with zero attached hydrogens (tertiary/aromatic N) is 1. The molecule has 0 aliphatic heterocycles. The van der Waals surface area contributed by atoms with Crippen LogP contribution in [0.2, 0.25) is 0 Å². The van der Waals surface area contributed by atoms with Crippen LogP contribution in [0.15, 0.2) is 42.6 Å². The average Bonchev–Trinajstić information content (AvgIpc) is 2.33. The third kappa shape index (κ3) is 2.23. The molecule has 0 fully saturated rings. The normalized spacial score (nSPS) is 9.81. The fraction of sp³-hybridized carbons (Fsp3) is 0.0833. The number of nitrogen functional groups attached to an aromatic ring is 1. The number of aromatic nitrogens is 1. The van der Waals surface area contributed by atoms with Crippen LogP contribution >= 0.6 is 0 Å². The maximum Gasteiger partial charge on any atom is 0.169 e. The minimum Gasteiger partial charge on any atom is -0.493 e. The Morgan fingerprint density at radius 1 is 1.06 bits per heavy atom. The van der Waals surface area contributed by atoms with Gasteiger partial charge in [-0.3, -0.25) is 0 Å². The minimum atomic E-state index is 0.465. The van der Waals surface area contributed by atoms with Gasteiger partial charge in [0, 0.05) is 0 Å². The van der Waals surface area contributed by atoms with Crippen LogP contribution < -0.4 is 15.2 Å². The quantitative estimate of drug-likeness (QED) is 0.856. The SMILES string of the molecule is COc1ccccc1Oc1ccc(N)nc1. The van der Waals surface area contributed by atoms with Crippen molar-refractivity contribution in [1.82, 2.24) is 4.98 Å². The molecule has 0 bridgehead atoms. The smallest absolute Gasteiger partial charge is 0.169 e. The molecule has 0 saturated carbocycles. The molecule has 0 atom stereocenters. The molecule has 16 heavy (non-hydrogen) atoms. The minimum absolute atomic E-state index is 0.465. The van der Waals surface area contributed by atoms with Gasteiger partial charge in [-0.25, -0.2) is 4.98 Å². The van der Waals surface area contributed by atoms with Gasteiger partial charge < -0.3 is 15.2 Å². The Hall–Kier alpha value is -2.23. The predicted octanol–water partition coefficient (Wildman–Crippen LogP) is 2.46. The van der Waals surface area contributed by atoms with E-state index in [9.17, 15) is 0 Å². The van der Waals surface area contributed by atoms with Gasteiger partial charge in [-0.2, -0.15) is 0 Å². The number of rotatable bonds is 3. The molecule has 0 aliphatic rings. The van der Waals surface area contributed by atoms with Gasteiger partial charge in [0.25, 0.3) is 0 Å². The maximum absolute atomic E-state index is 5.61. The lowest BCUT2D eigenvalue weighted by Crippen LogP contribution is -1.92. The van der Waals surface area contributed by atoms with Crippen molar-refractivity contribution in [3.8, 4) is 17.2 Å². The molecule has 2 N–H and O–H groups in total. The van der Waals surface area contributed by atoms with E-state index in [-0.39, 0.29) is 0 Å². The molecule has 2 rings (SSSR count). The fourth-order valence-electron chi connectivity index (χ4n) is 1.28. The third-order valence-corrected chi connectivity index (χ3v) is 2.06. The molecule has 1 aromatic carbocycles. The van der Waals surface area contributed by atoms with E-state index in [1.807, 2.05) is 24.3 Å². The van der Waals surface area contributed by atoms with Gasteiger partial charge in [0.05, 0.1) is 13.3 Å². The average molecular weight is 216 g/mol. The second kappa shape index (κ2) is 4.53. The molecule has 1 aromatic heterocycles. The highest BCUT2D eigenvalue weighted by molar-refractivity contribution is 5.43. The van der Waals surface area contributed by atoms with E-state index in [1.165, 1.54) is 0 Å². The number of ether oxygens (including phenoxy) is 2. The van der Waals surface area contributed by atoms with Crippen LogP contribution in [0.25, 0.3) is 0 Å². The number of benzene rings is 1. The largest absolute Gasteiger partial charge is 0.493 e. The van der Waals surface area contributed by atoms with Crippen molar-refractivity contribution in [3.05, 3.63) is 42.6 Å². The number of anilines is 1. The second-order valence-electron chi connectivity index (χ2n) is 3.17. The second-order valence-corrected chi connectivity index (χ2v) is 3.17. The molecule has 4 nitrogen and oxygen atoms in total. The van der Waals surface area contributed by atoms with Gasteiger partial charge >= 0.3 is 0 Å². The van der Waals surface area contributed by atoms with Crippen molar-refractivity contribution in [2.75, 3.05) is 12.8 Å². The lowest BCUT2D eigenvalue weighted by molar-refractivity contribution is 0.378. The monoisotopic (exact) mass is 216 g/mol. The van der Waals surface area contributed by atoms with Crippen molar-refractivity contribution in [1.29, 1.82) is 0 Å². The lowest BCUT2D eigenvalue weighted by Gasteiger charge is -2.09. The molecule has 0 unspecified atom stereocenters. The zero-order chi connectivity index (χ0) is 11.4. The highest BCUT2D eigenvalue weighted by Gasteiger charge is 2.03. The number of nitrogens with two attached hydrogens (primary N) is 1. The first-order chi connectivity index (χ1) is 7.79. The Kier molecular flexibility index (Phi) is 2.91. The third-order valence-electron chi connectivity index (χ3n) is 2.06. The fourth-order valence-corrected chi connectivity index (χ4v) is 1.28. The summed E-state index contributed by atoms with van der Waals surface area (Å²) in [6.07, 6.45) is 1.57. The standard InChI is InChI=1S/C12H12N2O2/c1-15-10-4-2-3-5-11(10)16-9-6-7-12(13)14-8-9/h2-8H,1H3,(H2,13,14). The zero-order valence-electron chi connectivity index (χ0n) is 8.88. The van der Waals surface area contributed by atoms with Crippen LogP contribution in [0.3, 0.4) is 0 Å². The summed E-state index contributed by atoms with van der Waals surface area (Å²) in [5.41, 5.74) is 5.48. The van der Waals surface area contributed by atoms with Crippen LogP contribution in [-0.4, -0.2) is 12.1 Å². The molecule has 0 aliphatic carbocycles. The molecular formula is C12H12N2O2. The summed E-state index contributed by atoms with van der Waals surface area (Å²) in [5, 5.41) is 0. The summed E-state index contributed by atoms with van der Waals surface area (Å²) >= 11 is 0. The van der Waals surface area contributed by atoms with Crippen molar-refractivity contribution in [2.24, 2.45) is 0 Å². The molecule has 1 heterocycles. The number of hydrogen-bond acceptors (Lipinski definition) is 4. The molecule has 0 spiro atoms. The van der Waals surface area contributed by atoms with E-state index in [4.69, 9.17) is 15.2 Å². The first kappa shape index (κ1) is 10.3. The summed E-state index contributed by atoms with van der Waals surface area (Å²) in [4.78, 5) is 3.94. The number of pyridine rings is 1. The Morgan fingerprint density at radius 3 is 2.44 bits per heavy atom. The highest BCUT2D eigenvalue weighted by Crippen LogP contribution is 2.30. The maximum atomic E-state index is 5.61. The Balaban J connectivity index is 2.23. The summed E-state index contributed by atoms with van der Waals surface area (Å²) < 4.78 is 10.8. The van der Waals surface area contributed by atoms with Crippen molar-refractivity contribution in [3.63, 3.8) is 0 Å². The summed E-state index contributed by atoms with van der Waals surface area (Å²) in [7, 11) is 1.60. The number of methoxy groups -OCH3 is 1. The van der Waals surface area contributed by atoms with Gasteiger partial charge in [-0.05, 0) is 24.3 Å².